The zero-order chi connectivity index (χ0) is 21.7. The first-order chi connectivity index (χ1) is 14.4. The molecule has 0 spiro atoms. The molecule has 1 heterocycles. The van der Waals surface area contributed by atoms with Crippen LogP contribution < -0.4 is 4.74 Å². The van der Waals surface area contributed by atoms with Crippen LogP contribution in [-0.2, 0) is 16.0 Å². The van der Waals surface area contributed by atoms with E-state index in [2.05, 4.69) is 0 Å². The fraction of sp³-hybridized carbons (Fsp3) is 0.304. The maximum absolute atomic E-state index is 13.1. The quantitative estimate of drug-likeness (QED) is 0.616. The van der Waals surface area contributed by atoms with Gasteiger partial charge >= 0.3 is 0 Å². The number of benzene rings is 2. The first-order valence-electron chi connectivity index (χ1n) is 9.76. The first kappa shape index (κ1) is 22.1. The van der Waals surface area contributed by atoms with E-state index in [4.69, 9.17) is 4.74 Å². The van der Waals surface area contributed by atoms with Crippen molar-refractivity contribution in [1.29, 1.82) is 0 Å². The Labute approximate surface area is 179 Å². The van der Waals surface area contributed by atoms with Crippen molar-refractivity contribution in [3.8, 4) is 5.75 Å². The van der Waals surface area contributed by atoms with Crippen molar-refractivity contribution in [2.24, 2.45) is 0 Å². The van der Waals surface area contributed by atoms with Crippen LogP contribution in [0.15, 0.2) is 53.4 Å². The minimum Gasteiger partial charge on any atom is -0.491 e. The Kier molecular flexibility index (Phi) is 7.29. The maximum atomic E-state index is 13.1. The molecule has 5 nitrogen and oxygen atoms in total. The number of thioether (sulfide) groups is 1. The molecule has 0 unspecified atom stereocenters. The highest BCUT2D eigenvalue weighted by atomic mass is 32.2. The summed E-state index contributed by atoms with van der Waals surface area (Å²) >= 11 is 1.18. The van der Waals surface area contributed by atoms with Crippen LogP contribution in [0.5, 0.6) is 5.75 Å². The number of carbonyl (C=O) groups is 2. The number of carbonyl (C=O) groups excluding carboxylic acids is 2. The number of hydrogen-bond acceptors (Lipinski definition) is 5. The van der Waals surface area contributed by atoms with Gasteiger partial charge < -0.3 is 9.84 Å². The number of nitrogens with zero attached hydrogens (tertiary/aromatic N) is 1. The summed E-state index contributed by atoms with van der Waals surface area (Å²) in [6.45, 7) is 3.96. The Morgan fingerprint density at radius 3 is 2.30 bits per heavy atom. The van der Waals surface area contributed by atoms with Gasteiger partial charge in [-0.05, 0) is 55.7 Å². The Bertz CT molecular complexity index is 939. The third-order valence-corrected chi connectivity index (χ3v) is 5.57. The highest BCUT2D eigenvalue weighted by molar-refractivity contribution is 8.04. The van der Waals surface area contributed by atoms with Crippen LogP contribution in [0, 0.1) is 5.82 Å². The number of rotatable bonds is 9. The molecule has 0 radical (unpaired) electrons. The average molecular weight is 430 g/mol. The molecule has 7 heteroatoms. The zero-order valence-electron chi connectivity index (χ0n) is 16.9. The van der Waals surface area contributed by atoms with Gasteiger partial charge in [-0.2, -0.15) is 0 Å². The lowest BCUT2D eigenvalue weighted by atomic mass is 10.1. The molecule has 0 aromatic heterocycles. The Morgan fingerprint density at radius 2 is 1.70 bits per heavy atom. The lowest BCUT2D eigenvalue weighted by Gasteiger charge is -2.15. The molecular weight excluding hydrogens is 405 g/mol. The van der Waals surface area contributed by atoms with E-state index in [1.54, 1.807) is 36.4 Å². The third-order valence-electron chi connectivity index (χ3n) is 4.52. The molecule has 0 fully saturated rings. The van der Waals surface area contributed by atoms with E-state index in [1.165, 1.54) is 28.8 Å². The van der Waals surface area contributed by atoms with E-state index < -0.39 is 0 Å². The van der Waals surface area contributed by atoms with Crippen LogP contribution in [0.3, 0.4) is 0 Å². The maximum Gasteiger partial charge on any atom is 0.267 e. The fourth-order valence-electron chi connectivity index (χ4n) is 3.16. The highest BCUT2D eigenvalue weighted by Crippen LogP contribution is 2.36. The summed E-state index contributed by atoms with van der Waals surface area (Å²) in [5.41, 5.74) is 1.81. The van der Waals surface area contributed by atoms with Gasteiger partial charge in [0.25, 0.3) is 11.8 Å². The number of aliphatic hydroxyl groups is 1. The predicted octanol–water partition coefficient (Wildman–Crippen LogP) is 3.66. The third kappa shape index (κ3) is 5.09. The number of imide groups is 1. The van der Waals surface area contributed by atoms with Crippen molar-refractivity contribution in [1.82, 2.24) is 4.90 Å². The van der Waals surface area contributed by atoms with Crippen LogP contribution in [0.1, 0.15) is 25.0 Å². The summed E-state index contributed by atoms with van der Waals surface area (Å²) in [4.78, 5) is 27.6. The standard InChI is InChI=1S/C23H24FNO4S/c1-15(2)29-19-9-5-17(6-10-19)20-21(30-14-13-26)23(28)25(22(20)27)12-11-16-3-7-18(24)8-4-16/h3-10,15,26H,11-14H2,1-2H3. The van der Waals surface area contributed by atoms with Gasteiger partial charge in [-0.25, -0.2) is 4.39 Å². The van der Waals surface area contributed by atoms with E-state index in [0.29, 0.717) is 34.0 Å². The lowest BCUT2D eigenvalue weighted by Crippen LogP contribution is -2.33. The first-order valence-corrected chi connectivity index (χ1v) is 10.7. The summed E-state index contributed by atoms with van der Waals surface area (Å²) < 4.78 is 18.7. The summed E-state index contributed by atoms with van der Waals surface area (Å²) in [7, 11) is 0. The average Bonchev–Trinajstić information content (AvgIpc) is 2.95. The summed E-state index contributed by atoms with van der Waals surface area (Å²) in [5, 5.41) is 9.20. The van der Waals surface area contributed by atoms with Gasteiger partial charge in [-0.1, -0.05) is 24.3 Å². The predicted molar refractivity (Wildman–Crippen MR) is 115 cm³/mol. The Hall–Kier alpha value is -2.64. The van der Waals surface area contributed by atoms with Crippen molar-refractivity contribution in [3.05, 3.63) is 70.4 Å². The summed E-state index contributed by atoms with van der Waals surface area (Å²) in [6.07, 6.45) is 0.465. The van der Waals surface area contributed by atoms with Crippen LogP contribution in [0.25, 0.3) is 5.57 Å². The molecule has 1 aliphatic heterocycles. The van der Waals surface area contributed by atoms with E-state index >= 15 is 0 Å². The van der Waals surface area contributed by atoms with Crippen LogP contribution in [0.4, 0.5) is 4.39 Å². The molecule has 2 amide bonds. The molecular formula is C23H24FNO4S. The molecule has 1 N–H and O–H groups in total. The molecule has 0 atom stereocenters. The summed E-state index contributed by atoms with van der Waals surface area (Å²) in [5.74, 6) is -0.0521. The zero-order valence-corrected chi connectivity index (χ0v) is 17.7. The van der Waals surface area contributed by atoms with E-state index in [-0.39, 0.29) is 36.9 Å². The van der Waals surface area contributed by atoms with Gasteiger partial charge in [0.1, 0.15) is 11.6 Å². The minimum absolute atomic E-state index is 0.0300. The second-order valence-corrected chi connectivity index (χ2v) is 8.21. The van der Waals surface area contributed by atoms with Gasteiger partial charge in [-0.3, -0.25) is 14.5 Å². The molecule has 0 aliphatic carbocycles. The topological polar surface area (TPSA) is 66.8 Å². The second kappa shape index (κ2) is 9.91. The lowest BCUT2D eigenvalue weighted by molar-refractivity contribution is -0.136. The van der Waals surface area contributed by atoms with E-state index in [0.717, 1.165) is 5.56 Å². The number of halogens is 1. The Balaban J connectivity index is 1.82. The van der Waals surface area contributed by atoms with Crippen molar-refractivity contribution in [3.63, 3.8) is 0 Å². The van der Waals surface area contributed by atoms with Gasteiger partial charge in [0.2, 0.25) is 0 Å². The van der Waals surface area contributed by atoms with Crippen molar-refractivity contribution in [2.45, 2.75) is 26.4 Å². The second-order valence-electron chi connectivity index (χ2n) is 7.11. The number of hydrogen-bond donors (Lipinski definition) is 1. The molecule has 2 aromatic carbocycles. The SMILES string of the molecule is CC(C)Oc1ccc(C2=C(SCCO)C(=O)N(CCc3ccc(F)cc3)C2=O)cc1. The molecule has 0 saturated heterocycles. The van der Waals surface area contributed by atoms with Crippen LogP contribution in [-0.4, -0.2) is 46.8 Å². The Morgan fingerprint density at radius 1 is 1.03 bits per heavy atom. The van der Waals surface area contributed by atoms with Crippen molar-refractivity contribution in [2.75, 3.05) is 18.9 Å². The van der Waals surface area contributed by atoms with Gasteiger partial charge in [0.05, 0.1) is 23.2 Å². The minimum atomic E-state index is -0.363. The molecule has 0 saturated carbocycles. The molecule has 30 heavy (non-hydrogen) atoms. The van der Waals surface area contributed by atoms with Gasteiger partial charge in [-0.15, -0.1) is 11.8 Å². The van der Waals surface area contributed by atoms with Gasteiger partial charge in [0.15, 0.2) is 0 Å². The molecule has 1 aliphatic rings. The molecule has 0 bridgehead atoms. The molecule has 158 valence electrons. The monoisotopic (exact) mass is 429 g/mol. The van der Waals surface area contributed by atoms with Crippen molar-refractivity contribution < 1.29 is 23.8 Å². The smallest absolute Gasteiger partial charge is 0.267 e. The number of aliphatic hydroxyl groups excluding tert-OH is 1. The highest BCUT2D eigenvalue weighted by Gasteiger charge is 2.38. The van der Waals surface area contributed by atoms with Crippen molar-refractivity contribution >= 4 is 29.1 Å². The fourth-order valence-corrected chi connectivity index (χ4v) is 4.04. The van der Waals surface area contributed by atoms with Gasteiger partial charge in [0, 0.05) is 12.3 Å². The number of ether oxygens (including phenoxy) is 1. The van der Waals surface area contributed by atoms with E-state index in [1.807, 2.05) is 13.8 Å². The van der Waals surface area contributed by atoms with Crippen LogP contribution in [0.2, 0.25) is 0 Å². The largest absolute Gasteiger partial charge is 0.491 e. The molecule has 2 aromatic rings. The van der Waals surface area contributed by atoms with Crippen LogP contribution >= 0.6 is 11.8 Å². The molecule has 3 rings (SSSR count). The number of amides is 2. The normalized spacial score (nSPS) is 14.2. The van der Waals surface area contributed by atoms with E-state index in [9.17, 15) is 19.1 Å². The summed E-state index contributed by atoms with van der Waals surface area (Å²) in [6, 6.07) is 13.1.